The van der Waals surface area contributed by atoms with Crippen molar-refractivity contribution in [1.29, 1.82) is 15.8 Å². The lowest BCUT2D eigenvalue weighted by Crippen LogP contribution is -2.48. The molecule has 0 spiro atoms. The zero-order valence-corrected chi connectivity index (χ0v) is 15.7. The fraction of sp³-hybridized carbons (Fsp3) is 0.217. The molecule has 0 saturated carbocycles. The van der Waals surface area contributed by atoms with Gasteiger partial charge >= 0.3 is 0 Å². The Morgan fingerprint density at radius 1 is 1.07 bits per heavy atom. The first-order valence-electron chi connectivity index (χ1n) is 9.29. The van der Waals surface area contributed by atoms with Crippen molar-refractivity contribution in [1.82, 2.24) is 4.98 Å². The van der Waals surface area contributed by atoms with Crippen LogP contribution in [0.5, 0.6) is 0 Å². The Bertz CT molecular complexity index is 1100. The Morgan fingerprint density at radius 2 is 1.83 bits per heavy atom. The van der Waals surface area contributed by atoms with Gasteiger partial charge in [0.15, 0.2) is 5.41 Å². The average Bonchev–Trinajstić information content (AvgIpc) is 2.79. The zero-order chi connectivity index (χ0) is 20.4. The van der Waals surface area contributed by atoms with Crippen LogP contribution < -0.4 is 10.6 Å². The molecule has 2 N–H and O–H groups in total. The lowest BCUT2D eigenvalue weighted by Gasteiger charge is -2.46. The molecular weight excluding hydrogens is 360 g/mol. The van der Waals surface area contributed by atoms with Crippen LogP contribution in [0.1, 0.15) is 11.5 Å². The van der Waals surface area contributed by atoms with Gasteiger partial charge in [-0.05, 0) is 29.3 Å². The predicted octanol–water partition coefficient (Wildman–Crippen LogP) is 3.01. The number of hydrogen-bond acceptors (Lipinski definition) is 6. The Labute approximate surface area is 169 Å². The summed E-state index contributed by atoms with van der Waals surface area (Å²) < 4.78 is 0. The van der Waals surface area contributed by atoms with E-state index in [0.717, 1.165) is 16.8 Å². The van der Waals surface area contributed by atoms with Crippen LogP contribution in [0.3, 0.4) is 0 Å². The molecule has 0 saturated heterocycles. The third kappa shape index (κ3) is 2.73. The Hall–Kier alpha value is -4.08. The van der Waals surface area contributed by atoms with Crippen molar-refractivity contribution in [2.24, 2.45) is 17.1 Å². The highest BCUT2D eigenvalue weighted by Crippen LogP contribution is 2.54. The number of anilines is 1. The number of para-hydroxylation sites is 1. The van der Waals surface area contributed by atoms with Crippen molar-refractivity contribution < 1.29 is 0 Å². The van der Waals surface area contributed by atoms with Gasteiger partial charge in [-0.2, -0.15) is 15.8 Å². The number of benzene rings is 1. The largest absolute Gasteiger partial charge is 0.399 e. The summed E-state index contributed by atoms with van der Waals surface area (Å²) in [6.45, 7) is 1.19. The molecule has 1 aliphatic carbocycles. The standard InChI is InChI=1S/C23H18N6/c24-11-19-18-8-10-29(17-6-2-1-3-7-17)13-20(18)21(16-5-4-9-28-12-16)23(14-25,15-26)22(19)27/h1-9,12,20-21H,10,13,27H2. The molecule has 1 aromatic heterocycles. The van der Waals surface area contributed by atoms with E-state index in [1.54, 1.807) is 18.5 Å². The van der Waals surface area contributed by atoms with Gasteiger partial charge in [0.1, 0.15) is 6.07 Å². The summed E-state index contributed by atoms with van der Waals surface area (Å²) in [4.78, 5) is 6.39. The topological polar surface area (TPSA) is 114 Å². The third-order valence-corrected chi connectivity index (χ3v) is 5.83. The molecule has 6 heteroatoms. The number of fused-ring (bicyclic) bond motifs is 1. The summed E-state index contributed by atoms with van der Waals surface area (Å²) in [7, 11) is 0. The first-order valence-corrected chi connectivity index (χ1v) is 9.29. The Balaban J connectivity index is 1.93. The number of pyridine rings is 1. The third-order valence-electron chi connectivity index (χ3n) is 5.83. The van der Waals surface area contributed by atoms with Gasteiger partial charge in [0.05, 0.1) is 23.4 Å². The number of rotatable bonds is 2. The Kier molecular flexibility index (Phi) is 4.51. The molecule has 0 amide bonds. The number of hydrogen-bond donors (Lipinski definition) is 1. The fourth-order valence-corrected chi connectivity index (χ4v) is 4.47. The van der Waals surface area contributed by atoms with Crippen LogP contribution in [-0.2, 0) is 0 Å². The second kappa shape index (κ2) is 7.15. The molecule has 140 valence electrons. The minimum atomic E-state index is -1.63. The normalized spacial score (nSPS) is 22.5. The van der Waals surface area contributed by atoms with E-state index in [1.807, 2.05) is 42.5 Å². The molecule has 2 heterocycles. The minimum Gasteiger partial charge on any atom is -0.399 e. The molecule has 2 aliphatic rings. The minimum absolute atomic E-state index is 0.0366. The summed E-state index contributed by atoms with van der Waals surface area (Å²) in [5, 5.41) is 30.0. The highest BCUT2D eigenvalue weighted by Gasteiger charge is 2.54. The van der Waals surface area contributed by atoms with E-state index in [-0.39, 0.29) is 17.2 Å². The van der Waals surface area contributed by atoms with Gasteiger partial charge in [-0.25, -0.2) is 0 Å². The number of nitriles is 3. The van der Waals surface area contributed by atoms with Gasteiger partial charge in [-0.3, -0.25) is 4.98 Å². The van der Waals surface area contributed by atoms with E-state index in [2.05, 4.69) is 28.1 Å². The lowest BCUT2D eigenvalue weighted by atomic mass is 9.58. The average molecular weight is 378 g/mol. The van der Waals surface area contributed by atoms with Gasteiger partial charge in [0.25, 0.3) is 0 Å². The maximum Gasteiger partial charge on any atom is 0.191 e. The summed E-state index contributed by atoms with van der Waals surface area (Å²) >= 11 is 0. The number of nitrogens with zero attached hydrogens (tertiary/aromatic N) is 5. The van der Waals surface area contributed by atoms with Crippen LogP contribution in [0.15, 0.2) is 77.8 Å². The fourth-order valence-electron chi connectivity index (χ4n) is 4.47. The van der Waals surface area contributed by atoms with Crippen LogP contribution in [0.2, 0.25) is 0 Å². The molecule has 29 heavy (non-hydrogen) atoms. The maximum atomic E-state index is 10.1. The molecule has 4 rings (SSSR count). The van der Waals surface area contributed by atoms with Crippen LogP contribution in [0.4, 0.5) is 5.69 Å². The SMILES string of the molecule is N#CC1=C(N)C(C#N)(C#N)C(c2cccnc2)C2CN(c3ccccc3)CC=C12. The van der Waals surface area contributed by atoms with Crippen molar-refractivity contribution >= 4 is 5.69 Å². The Morgan fingerprint density at radius 3 is 2.45 bits per heavy atom. The monoisotopic (exact) mass is 378 g/mol. The molecule has 2 unspecified atom stereocenters. The maximum absolute atomic E-state index is 10.1. The smallest absolute Gasteiger partial charge is 0.191 e. The highest BCUT2D eigenvalue weighted by molar-refractivity contribution is 5.61. The molecule has 0 bridgehead atoms. The summed E-state index contributed by atoms with van der Waals surface area (Å²) in [5.74, 6) is -0.768. The van der Waals surface area contributed by atoms with Crippen LogP contribution in [-0.4, -0.2) is 18.1 Å². The van der Waals surface area contributed by atoms with E-state index >= 15 is 0 Å². The van der Waals surface area contributed by atoms with Gasteiger partial charge < -0.3 is 10.6 Å². The zero-order valence-electron chi connectivity index (χ0n) is 15.7. The van der Waals surface area contributed by atoms with Crippen LogP contribution >= 0.6 is 0 Å². The molecule has 1 aliphatic heterocycles. The van der Waals surface area contributed by atoms with Crippen molar-refractivity contribution in [3.8, 4) is 18.2 Å². The summed E-state index contributed by atoms with van der Waals surface area (Å²) in [5.41, 5.74) is 7.60. The number of allylic oxidation sites excluding steroid dienone is 2. The molecule has 6 nitrogen and oxygen atoms in total. The van der Waals surface area contributed by atoms with E-state index in [1.165, 1.54) is 0 Å². The van der Waals surface area contributed by atoms with Crippen molar-refractivity contribution in [2.45, 2.75) is 5.92 Å². The molecule has 0 radical (unpaired) electrons. The summed E-state index contributed by atoms with van der Waals surface area (Å²) in [6, 6.07) is 20.1. The van der Waals surface area contributed by atoms with Crippen molar-refractivity contribution in [3.63, 3.8) is 0 Å². The van der Waals surface area contributed by atoms with E-state index in [4.69, 9.17) is 5.73 Å². The molecule has 2 atom stereocenters. The second-order valence-corrected chi connectivity index (χ2v) is 7.20. The van der Waals surface area contributed by atoms with Crippen LogP contribution in [0, 0.1) is 45.3 Å². The van der Waals surface area contributed by atoms with Gasteiger partial charge in [0.2, 0.25) is 0 Å². The van der Waals surface area contributed by atoms with Crippen molar-refractivity contribution in [3.05, 3.63) is 83.3 Å². The van der Waals surface area contributed by atoms with Gasteiger partial charge in [-0.1, -0.05) is 30.3 Å². The van der Waals surface area contributed by atoms with Gasteiger partial charge in [0, 0.05) is 43.0 Å². The molecule has 2 aromatic rings. The first kappa shape index (κ1) is 18.3. The predicted molar refractivity (Wildman–Crippen MR) is 108 cm³/mol. The molecular formula is C23H18N6. The van der Waals surface area contributed by atoms with Gasteiger partial charge in [-0.15, -0.1) is 0 Å². The molecule has 0 fully saturated rings. The number of aromatic nitrogens is 1. The quantitative estimate of drug-likeness (QED) is 0.859. The second-order valence-electron chi connectivity index (χ2n) is 7.20. The van der Waals surface area contributed by atoms with Crippen molar-refractivity contribution in [2.75, 3.05) is 18.0 Å². The van der Waals surface area contributed by atoms with E-state index in [0.29, 0.717) is 13.1 Å². The first-order chi connectivity index (χ1) is 14.2. The summed E-state index contributed by atoms with van der Waals surface area (Å²) in [6.07, 6.45) is 5.33. The number of nitrogens with two attached hydrogens (primary N) is 1. The highest BCUT2D eigenvalue weighted by atomic mass is 15.1. The van der Waals surface area contributed by atoms with E-state index in [9.17, 15) is 15.8 Å². The van der Waals surface area contributed by atoms with Crippen LogP contribution in [0.25, 0.3) is 0 Å². The van der Waals surface area contributed by atoms with E-state index < -0.39 is 11.3 Å². The lowest BCUT2D eigenvalue weighted by molar-refractivity contribution is 0.340. The molecule has 1 aromatic carbocycles.